The molecule has 0 N–H and O–H groups in total. The molecule has 0 bridgehead atoms. The minimum Gasteiger partial charge on any atom is -0.437 e. The number of nitrogens with zero attached hydrogens (tertiary/aromatic N) is 2. The molecule has 2 aromatic carbocycles. The van der Waals surface area contributed by atoms with Crippen LogP contribution < -0.4 is 0 Å². The molecule has 5 heteroatoms. The van der Waals surface area contributed by atoms with E-state index in [9.17, 15) is 9.65 Å². The van der Waals surface area contributed by atoms with Crippen molar-refractivity contribution in [1.29, 1.82) is 5.26 Å². The van der Waals surface area contributed by atoms with Crippen LogP contribution in [0.1, 0.15) is 11.1 Å². The van der Waals surface area contributed by atoms with Gasteiger partial charge in [-0.3, -0.25) is 0 Å². The van der Waals surface area contributed by atoms with Gasteiger partial charge in [0.1, 0.15) is 23.2 Å². The lowest BCUT2D eigenvalue weighted by atomic mass is 10.1. The number of aliphatic imine (C=N–C) groups is 1. The van der Waals surface area contributed by atoms with Gasteiger partial charge in [-0.25, -0.2) is 9.38 Å². The van der Waals surface area contributed by atoms with Crippen molar-refractivity contribution in [2.24, 2.45) is 4.99 Å². The van der Waals surface area contributed by atoms with Crippen LogP contribution in [0, 0.1) is 17.1 Å². The molecule has 0 aliphatic heterocycles. The quantitative estimate of drug-likeness (QED) is 0.609. The highest BCUT2D eigenvalue weighted by Crippen LogP contribution is 2.30. The zero-order valence-electron chi connectivity index (χ0n) is 11.8. The van der Waals surface area contributed by atoms with Gasteiger partial charge in [-0.05, 0) is 12.1 Å². The number of halogens is 2. The minimum absolute atomic E-state index is 0.116. The van der Waals surface area contributed by atoms with Gasteiger partial charge in [-0.2, -0.15) is 5.26 Å². The predicted octanol–water partition coefficient (Wildman–Crippen LogP) is 5.36. The van der Waals surface area contributed by atoms with Crippen LogP contribution in [0.2, 0.25) is 5.02 Å². The summed E-state index contributed by atoms with van der Waals surface area (Å²) in [7, 11) is 0. The smallest absolute Gasteiger partial charge is 0.237 e. The van der Waals surface area contributed by atoms with Gasteiger partial charge in [0.05, 0.1) is 5.02 Å². The average molecular weight is 325 g/mol. The highest BCUT2D eigenvalue weighted by atomic mass is 35.5. The molecule has 0 amide bonds. The van der Waals surface area contributed by atoms with Crippen molar-refractivity contribution >= 4 is 23.7 Å². The molecule has 0 radical (unpaired) electrons. The van der Waals surface area contributed by atoms with Crippen molar-refractivity contribution in [2.45, 2.75) is 0 Å². The van der Waals surface area contributed by atoms with E-state index in [2.05, 4.69) is 4.99 Å². The Labute approximate surface area is 137 Å². The van der Waals surface area contributed by atoms with E-state index < -0.39 is 5.82 Å². The van der Waals surface area contributed by atoms with E-state index in [0.717, 1.165) is 5.56 Å². The number of hydrogen-bond acceptors (Lipinski definition) is 3. The van der Waals surface area contributed by atoms with E-state index in [1.54, 1.807) is 12.1 Å². The minimum atomic E-state index is -0.491. The molecule has 0 saturated carbocycles. The maximum absolute atomic E-state index is 13.7. The van der Waals surface area contributed by atoms with Gasteiger partial charge in [0.25, 0.3) is 0 Å². The van der Waals surface area contributed by atoms with Crippen molar-refractivity contribution in [2.75, 3.05) is 0 Å². The second-order valence-electron chi connectivity index (χ2n) is 4.70. The molecule has 0 fully saturated rings. The van der Waals surface area contributed by atoms with E-state index >= 15 is 0 Å². The highest BCUT2D eigenvalue weighted by molar-refractivity contribution is 6.33. The first kappa shape index (κ1) is 15.0. The number of furan rings is 1. The summed E-state index contributed by atoms with van der Waals surface area (Å²) >= 11 is 5.94. The molecule has 0 spiro atoms. The predicted molar refractivity (Wildman–Crippen MR) is 87.5 cm³/mol. The Hall–Kier alpha value is -2.90. The van der Waals surface area contributed by atoms with E-state index in [0.29, 0.717) is 5.76 Å². The largest absolute Gasteiger partial charge is 0.437 e. The van der Waals surface area contributed by atoms with Gasteiger partial charge in [-0.15, -0.1) is 0 Å². The molecular weight excluding hydrogens is 315 g/mol. The van der Waals surface area contributed by atoms with Crippen LogP contribution in [-0.2, 0) is 0 Å². The first-order chi connectivity index (χ1) is 11.2. The summed E-state index contributed by atoms with van der Waals surface area (Å²) in [6, 6.07) is 17.3. The van der Waals surface area contributed by atoms with Crippen LogP contribution in [0.4, 0.5) is 10.3 Å². The monoisotopic (exact) mass is 324 g/mol. The maximum Gasteiger partial charge on any atom is 0.237 e. The Bertz CT molecular complexity index is 890. The van der Waals surface area contributed by atoms with Crippen LogP contribution in [0.3, 0.4) is 0 Å². The highest BCUT2D eigenvalue weighted by Gasteiger charge is 2.12. The van der Waals surface area contributed by atoms with Gasteiger partial charge in [0.15, 0.2) is 0 Å². The summed E-state index contributed by atoms with van der Waals surface area (Å²) in [6.45, 7) is 0. The van der Waals surface area contributed by atoms with Crippen molar-refractivity contribution in [3.8, 4) is 17.4 Å². The van der Waals surface area contributed by atoms with Gasteiger partial charge < -0.3 is 4.42 Å². The lowest BCUT2D eigenvalue weighted by Crippen LogP contribution is -1.88. The molecule has 1 aromatic heterocycles. The number of rotatable bonds is 3. The van der Waals surface area contributed by atoms with E-state index in [1.807, 2.05) is 36.4 Å². The summed E-state index contributed by atoms with van der Waals surface area (Å²) in [4.78, 5) is 4.08. The molecule has 3 aromatic rings. The molecule has 3 nitrogen and oxygen atoms in total. The topological polar surface area (TPSA) is 49.3 Å². The van der Waals surface area contributed by atoms with Gasteiger partial charge >= 0.3 is 0 Å². The molecule has 0 saturated heterocycles. The zero-order chi connectivity index (χ0) is 16.2. The van der Waals surface area contributed by atoms with Crippen LogP contribution in [0.5, 0.6) is 0 Å². The molecule has 0 aliphatic carbocycles. The van der Waals surface area contributed by atoms with Crippen molar-refractivity contribution in [3.05, 3.63) is 76.6 Å². The summed E-state index contributed by atoms with van der Waals surface area (Å²) in [5, 5.41) is 9.44. The Morgan fingerprint density at radius 2 is 1.91 bits per heavy atom. The second-order valence-corrected chi connectivity index (χ2v) is 5.11. The Morgan fingerprint density at radius 3 is 2.61 bits per heavy atom. The number of hydrogen-bond donors (Lipinski definition) is 0. The Morgan fingerprint density at radius 1 is 1.13 bits per heavy atom. The zero-order valence-corrected chi connectivity index (χ0v) is 12.6. The molecule has 0 aliphatic rings. The van der Waals surface area contributed by atoms with E-state index in [1.165, 1.54) is 18.3 Å². The molecule has 3 rings (SSSR count). The average Bonchev–Trinajstić information content (AvgIpc) is 2.98. The van der Waals surface area contributed by atoms with Crippen LogP contribution in [0.25, 0.3) is 11.3 Å². The molecule has 0 atom stereocenters. The molecule has 1 heterocycles. The molecule has 0 unspecified atom stereocenters. The lowest BCUT2D eigenvalue weighted by Gasteiger charge is -1.98. The SMILES string of the molecule is N#Cc1cc(-c2ccccc2)oc1/N=C/c1c(F)cccc1Cl. The van der Waals surface area contributed by atoms with Crippen LogP contribution >= 0.6 is 11.6 Å². The fourth-order valence-electron chi connectivity index (χ4n) is 2.06. The lowest BCUT2D eigenvalue weighted by molar-refractivity contribution is 0.592. The maximum atomic E-state index is 13.7. The van der Waals surface area contributed by atoms with Gasteiger partial charge in [0, 0.05) is 23.4 Å². The van der Waals surface area contributed by atoms with Gasteiger partial charge in [-0.1, -0.05) is 48.0 Å². The molecular formula is C18H10ClFN2O. The van der Waals surface area contributed by atoms with Gasteiger partial charge in [0.2, 0.25) is 5.88 Å². The van der Waals surface area contributed by atoms with Crippen molar-refractivity contribution in [3.63, 3.8) is 0 Å². The number of benzene rings is 2. The fourth-order valence-corrected chi connectivity index (χ4v) is 2.27. The normalized spacial score (nSPS) is 10.8. The van der Waals surface area contributed by atoms with Crippen LogP contribution in [-0.4, -0.2) is 6.21 Å². The van der Waals surface area contributed by atoms with E-state index in [-0.39, 0.29) is 22.0 Å². The molecule has 112 valence electrons. The molecule has 23 heavy (non-hydrogen) atoms. The summed E-state index contributed by atoms with van der Waals surface area (Å²) < 4.78 is 19.3. The third-order valence-corrected chi connectivity index (χ3v) is 3.53. The fraction of sp³-hybridized carbons (Fsp3) is 0. The third kappa shape index (κ3) is 3.15. The standard InChI is InChI=1S/C18H10ClFN2O/c19-15-7-4-8-16(20)14(15)11-22-18-13(10-21)9-17(23-18)12-5-2-1-3-6-12/h1-9,11H/b22-11+. The summed E-state index contributed by atoms with van der Waals surface area (Å²) in [5.74, 6) is 0.147. The summed E-state index contributed by atoms with van der Waals surface area (Å²) in [6.07, 6.45) is 1.26. The Balaban J connectivity index is 1.99. The first-order valence-corrected chi connectivity index (χ1v) is 7.14. The van der Waals surface area contributed by atoms with E-state index in [4.69, 9.17) is 16.0 Å². The van der Waals surface area contributed by atoms with Crippen molar-refractivity contribution < 1.29 is 8.81 Å². The second kappa shape index (κ2) is 6.47. The van der Waals surface area contributed by atoms with Crippen LogP contribution in [0.15, 0.2) is 64.0 Å². The van der Waals surface area contributed by atoms with Crippen molar-refractivity contribution in [1.82, 2.24) is 0 Å². The third-order valence-electron chi connectivity index (χ3n) is 3.20. The Kier molecular flexibility index (Phi) is 4.22. The first-order valence-electron chi connectivity index (χ1n) is 6.76. The summed E-state index contributed by atoms with van der Waals surface area (Å²) in [5.41, 5.74) is 1.25. The number of nitriles is 1.